The van der Waals surface area contributed by atoms with Gasteiger partial charge in [-0.25, -0.2) is 0 Å². The van der Waals surface area contributed by atoms with Gasteiger partial charge in [-0.3, -0.25) is 0 Å². The summed E-state index contributed by atoms with van der Waals surface area (Å²) < 4.78 is 5.53. The highest BCUT2D eigenvalue weighted by Crippen LogP contribution is 2.65. The number of hydrogen-bond acceptors (Lipinski definition) is 3. The number of para-hydroxylation sites is 1. The van der Waals surface area contributed by atoms with Crippen molar-refractivity contribution in [3.8, 4) is 5.75 Å². The highest BCUT2D eigenvalue weighted by Gasteiger charge is 2.61. The lowest BCUT2D eigenvalue weighted by atomic mass is 9.46. The molecule has 0 aromatic heterocycles. The van der Waals surface area contributed by atoms with Gasteiger partial charge >= 0.3 is 0 Å². The van der Waals surface area contributed by atoms with Gasteiger partial charge in [0, 0.05) is 30.4 Å². The van der Waals surface area contributed by atoms with Crippen LogP contribution >= 0.6 is 0 Å². The third kappa shape index (κ3) is 2.09. The first-order valence-corrected chi connectivity index (χ1v) is 10.8. The van der Waals surface area contributed by atoms with Crippen molar-refractivity contribution >= 4 is 11.4 Å². The monoisotopic (exact) mass is 375 g/mol. The predicted octanol–water partition coefficient (Wildman–Crippen LogP) is 5.10. The summed E-state index contributed by atoms with van der Waals surface area (Å²) in [4.78, 5) is 2.27. The Morgan fingerprint density at radius 3 is 2.21 bits per heavy atom. The summed E-state index contributed by atoms with van der Waals surface area (Å²) in [7, 11) is 3.86. The summed E-state index contributed by atoms with van der Waals surface area (Å²) in [6.45, 7) is 0. The van der Waals surface area contributed by atoms with E-state index in [1.165, 1.54) is 54.6 Å². The molecule has 0 radical (unpaired) electrons. The van der Waals surface area contributed by atoms with Gasteiger partial charge in [-0.05, 0) is 79.0 Å². The molecule has 2 aromatic rings. The lowest BCUT2D eigenvalue weighted by Gasteiger charge is -2.62. The minimum Gasteiger partial charge on any atom is -0.497 e. The molecule has 146 valence electrons. The second kappa shape index (κ2) is 5.76. The molecular weight excluding hydrogens is 346 g/mol. The van der Waals surface area contributed by atoms with Crippen molar-refractivity contribution in [2.24, 2.45) is 23.7 Å². The zero-order chi connectivity index (χ0) is 19.0. The van der Waals surface area contributed by atoms with Gasteiger partial charge in [-0.1, -0.05) is 24.3 Å². The number of hydrogen-bond donors (Lipinski definition) is 1. The number of methoxy groups -OCH3 is 1. The first kappa shape index (κ1) is 16.9. The molecular formula is C25H29NO2. The molecule has 28 heavy (non-hydrogen) atoms. The fraction of sp³-hybridized carbons (Fsp3) is 0.520. The zero-order valence-electron chi connectivity index (χ0n) is 16.8. The zero-order valence-corrected chi connectivity index (χ0v) is 16.8. The number of ether oxygens (including phenoxy) is 1. The maximum Gasteiger partial charge on any atom is 0.120 e. The Labute approximate surface area is 167 Å². The topological polar surface area (TPSA) is 32.7 Å². The van der Waals surface area contributed by atoms with Gasteiger partial charge in [0.25, 0.3) is 0 Å². The molecule has 0 saturated heterocycles. The van der Waals surface area contributed by atoms with E-state index in [9.17, 15) is 5.11 Å². The molecule has 0 spiro atoms. The Kier molecular flexibility index (Phi) is 3.48. The van der Waals surface area contributed by atoms with E-state index in [4.69, 9.17) is 4.74 Å². The SMILES string of the molecule is COc1ccc2c(c1)N(C)c1ccccc1C2C1(O)C2CC3CC(C2)CC1C3. The van der Waals surface area contributed by atoms with Crippen LogP contribution in [0, 0.1) is 23.7 Å². The standard InChI is InChI=1S/C25H29NO2/c1-26-22-6-4-3-5-20(22)24(21-8-7-19(28-2)14-23(21)26)25(27)17-10-15-9-16(12-17)13-18(25)11-15/h3-8,14-18,24,27H,9-13H2,1-2H3. The van der Waals surface area contributed by atoms with Crippen LogP contribution in [-0.4, -0.2) is 24.9 Å². The van der Waals surface area contributed by atoms with E-state index in [1.807, 2.05) is 0 Å². The minimum absolute atomic E-state index is 0.0517. The van der Waals surface area contributed by atoms with Crippen LogP contribution in [0.2, 0.25) is 0 Å². The highest BCUT2D eigenvalue weighted by molar-refractivity contribution is 5.77. The average Bonchev–Trinajstić information content (AvgIpc) is 2.71. The molecule has 5 aliphatic rings. The van der Waals surface area contributed by atoms with Gasteiger partial charge < -0.3 is 14.7 Å². The van der Waals surface area contributed by atoms with E-state index in [0.29, 0.717) is 11.8 Å². The van der Waals surface area contributed by atoms with Crippen LogP contribution in [0.5, 0.6) is 5.75 Å². The molecule has 4 aliphatic carbocycles. The lowest BCUT2D eigenvalue weighted by molar-refractivity contribution is -0.180. The summed E-state index contributed by atoms with van der Waals surface area (Å²) in [5, 5.41) is 12.5. The normalized spacial score (nSPS) is 37.5. The van der Waals surface area contributed by atoms with E-state index in [0.717, 1.165) is 17.6 Å². The molecule has 1 N–H and O–H groups in total. The van der Waals surface area contributed by atoms with Gasteiger partial charge in [-0.15, -0.1) is 0 Å². The van der Waals surface area contributed by atoms with Crippen molar-refractivity contribution in [1.82, 2.24) is 0 Å². The van der Waals surface area contributed by atoms with Crippen LogP contribution < -0.4 is 9.64 Å². The molecule has 0 amide bonds. The second-order valence-corrected chi connectivity index (χ2v) is 9.67. The summed E-state index contributed by atoms with van der Waals surface area (Å²) in [6.07, 6.45) is 6.25. The molecule has 2 aromatic carbocycles. The van der Waals surface area contributed by atoms with Gasteiger partial charge in [0.2, 0.25) is 0 Å². The Morgan fingerprint density at radius 2 is 1.54 bits per heavy atom. The Hall–Kier alpha value is -2.00. The lowest BCUT2D eigenvalue weighted by Crippen LogP contribution is -2.61. The summed E-state index contributed by atoms with van der Waals surface area (Å²) in [6, 6.07) is 15.1. The van der Waals surface area contributed by atoms with E-state index in [2.05, 4.69) is 54.4 Å². The molecule has 1 atom stereocenters. The van der Waals surface area contributed by atoms with Crippen LogP contribution in [0.15, 0.2) is 42.5 Å². The highest BCUT2D eigenvalue weighted by atomic mass is 16.5. The Morgan fingerprint density at radius 1 is 0.893 bits per heavy atom. The minimum atomic E-state index is -0.631. The number of rotatable bonds is 2. The van der Waals surface area contributed by atoms with Crippen molar-refractivity contribution < 1.29 is 9.84 Å². The second-order valence-electron chi connectivity index (χ2n) is 9.67. The summed E-state index contributed by atoms with van der Waals surface area (Å²) >= 11 is 0. The van der Waals surface area contributed by atoms with E-state index in [-0.39, 0.29) is 5.92 Å². The molecule has 3 nitrogen and oxygen atoms in total. The first-order valence-electron chi connectivity index (χ1n) is 10.8. The Bertz CT molecular complexity index is 908. The third-order valence-corrected chi connectivity index (χ3v) is 8.43. The third-order valence-electron chi connectivity index (χ3n) is 8.43. The fourth-order valence-electron chi connectivity index (χ4n) is 7.43. The summed E-state index contributed by atoms with van der Waals surface area (Å²) in [5.41, 5.74) is 4.31. The average molecular weight is 376 g/mol. The molecule has 4 saturated carbocycles. The van der Waals surface area contributed by atoms with Crippen LogP contribution in [-0.2, 0) is 0 Å². The van der Waals surface area contributed by atoms with E-state index in [1.54, 1.807) is 7.11 Å². The maximum atomic E-state index is 12.5. The molecule has 1 heterocycles. The van der Waals surface area contributed by atoms with Crippen molar-refractivity contribution in [2.45, 2.75) is 43.6 Å². The number of nitrogens with zero attached hydrogens (tertiary/aromatic N) is 1. The van der Waals surface area contributed by atoms with Gasteiger partial charge in [-0.2, -0.15) is 0 Å². The Balaban J connectivity index is 1.56. The van der Waals surface area contributed by atoms with Crippen LogP contribution in [0.3, 0.4) is 0 Å². The number of anilines is 2. The van der Waals surface area contributed by atoms with E-state index >= 15 is 0 Å². The summed E-state index contributed by atoms with van der Waals surface area (Å²) in [5.74, 6) is 3.48. The van der Waals surface area contributed by atoms with Gasteiger partial charge in [0.05, 0.1) is 12.7 Å². The van der Waals surface area contributed by atoms with Crippen LogP contribution in [0.25, 0.3) is 0 Å². The van der Waals surface area contributed by atoms with Crippen molar-refractivity contribution in [2.75, 3.05) is 19.1 Å². The van der Waals surface area contributed by atoms with Crippen molar-refractivity contribution in [1.29, 1.82) is 0 Å². The fourth-order valence-corrected chi connectivity index (χ4v) is 7.43. The van der Waals surface area contributed by atoms with Crippen molar-refractivity contribution in [3.05, 3.63) is 53.6 Å². The molecule has 1 unspecified atom stereocenters. The largest absolute Gasteiger partial charge is 0.497 e. The predicted molar refractivity (Wildman–Crippen MR) is 111 cm³/mol. The van der Waals surface area contributed by atoms with Crippen molar-refractivity contribution in [3.63, 3.8) is 0 Å². The molecule has 7 rings (SSSR count). The van der Waals surface area contributed by atoms with Crippen LogP contribution in [0.1, 0.15) is 49.1 Å². The van der Waals surface area contributed by atoms with E-state index < -0.39 is 5.60 Å². The smallest absolute Gasteiger partial charge is 0.120 e. The number of fused-ring (bicyclic) bond motifs is 2. The van der Waals surface area contributed by atoms with Crippen LogP contribution in [0.4, 0.5) is 11.4 Å². The van der Waals surface area contributed by atoms with Gasteiger partial charge in [0.1, 0.15) is 5.75 Å². The molecule has 4 fully saturated rings. The number of aliphatic hydroxyl groups is 1. The molecule has 3 heteroatoms. The number of benzene rings is 2. The first-order chi connectivity index (χ1) is 13.6. The quantitative estimate of drug-likeness (QED) is 0.793. The maximum absolute atomic E-state index is 12.5. The van der Waals surface area contributed by atoms with Gasteiger partial charge in [0.15, 0.2) is 0 Å². The molecule has 1 aliphatic heterocycles. The molecule has 4 bridgehead atoms.